The summed E-state index contributed by atoms with van der Waals surface area (Å²) in [5.41, 5.74) is 0. The van der Waals surface area contributed by atoms with Crippen molar-refractivity contribution in [2.24, 2.45) is 4.40 Å². The van der Waals surface area contributed by atoms with E-state index in [1.54, 1.807) is 13.3 Å². The maximum absolute atomic E-state index is 11.3. The van der Waals surface area contributed by atoms with Crippen LogP contribution in [0.4, 0.5) is 4.79 Å². The average molecular weight is 207 g/mol. The van der Waals surface area contributed by atoms with Gasteiger partial charge in [0.05, 0.1) is 0 Å². The van der Waals surface area contributed by atoms with Crippen molar-refractivity contribution in [2.45, 2.75) is 0 Å². The average Bonchev–Trinajstić information content (AvgIpc) is 2.08. The van der Waals surface area contributed by atoms with Gasteiger partial charge in [0.1, 0.15) is 0 Å². The van der Waals surface area contributed by atoms with Crippen molar-refractivity contribution >= 4 is 34.1 Å². The van der Waals surface area contributed by atoms with Crippen molar-refractivity contribution in [3.63, 3.8) is 0 Å². The lowest BCUT2D eigenvalue weighted by atomic mass is 10.8. The van der Waals surface area contributed by atoms with Crippen LogP contribution in [0.25, 0.3) is 0 Å². The number of thioether (sulfide) groups is 1. The number of amidine groups is 1. The lowest BCUT2D eigenvalue weighted by Gasteiger charge is -2.26. The fraction of sp³-hybridized carbons (Fsp3) is 0.600. The smallest absolute Gasteiger partial charge is 0.275 e. The third-order valence-corrected chi connectivity index (χ3v) is 3.22. The quantitative estimate of drug-likeness (QED) is 0.573. The van der Waals surface area contributed by atoms with Crippen molar-refractivity contribution in [1.29, 1.82) is 0 Å². The van der Waals surface area contributed by atoms with Crippen molar-refractivity contribution in [3.8, 4) is 0 Å². The van der Waals surface area contributed by atoms with Crippen LogP contribution in [0.1, 0.15) is 0 Å². The molecule has 0 aromatic carbocycles. The molecule has 1 atom stereocenters. The minimum atomic E-state index is -1.56. The van der Waals surface area contributed by atoms with Gasteiger partial charge in [0.25, 0.3) is 11.2 Å². The van der Waals surface area contributed by atoms with Gasteiger partial charge in [0.15, 0.2) is 5.17 Å². The van der Waals surface area contributed by atoms with E-state index in [2.05, 4.69) is 4.40 Å². The van der Waals surface area contributed by atoms with Gasteiger partial charge in [-0.3, -0.25) is 4.90 Å². The Hall–Kier alpha value is -0.560. The Morgan fingerprint density at radius 3 is 2.58 bits per heavy atom. The standard InChI is InChI=1S/C5H9N3O2S2/c1-7-4(11-3)6-12(10)8(2)5(7)9/h1-3H3. The van der Waals surface area contributed by atoms with Gasteiger partial charge < -0.3 is 0 Å². The monoisotopic (exact) mass is 207 g/mol. The maximum Gasteiger partial charge on any atom is 0.338 e. The molecular formula is C5H9N3O2S2. The lowest BCUT2D eigenvalue weighted by Crippen LogP contribution is -2.45. The molecule has 0 bridgehead atoms. The van der Waals surface area contributed by atoms with E-state index in [0.29, 0.717) is 5.17 Å². The number of nitrogens with zero attached hydrogens (tertiary/aromatic N) is 3. The second-order valence-electron chi connectivity index (χ2n) is 2.15. The zero-order chi connectivity index (χ0) is 9.30. The third-order valence-electron chi connectivity index (χ3n) is 1.42. The highest BCUT2D eigenvalue weighted by atomic mass is 32.2. The first-order valence-corrected chi connectivity index (χ1v) is 5.43. The summed E-state index contributed by atoms with van der Waals surface area (Å²) in [6.45, 7) is 0. The zero-order valence-corrected chi connectivity index (χ0v) is 8.61. The van der Waals surface area contributed by atoms with Gasteiger partial charge >= 0.3 is 6.03 Å². The van der Waals surface area contributed by atoms with Crippen LogP contribution in [-0.2, 0) is 11.2 Å². The van der Waals surface area contributed by atoms with Gasteiger partial charge in [-0.05, 0) is 6.26 Å². The van der Waals surface area contributed by atoms with Crippen LogP contribution < -0.4 is 0 Å². The number of hydrogen-bond donors (Lipinski definition) is 0. The summed E-state index contributed by atoms with van der Waals surface area (Å²) in [7, 11) is 3.06. The normalized spacial score (nSPS) is 24.4. The summed E-state index contributed by atoms with van der Waals surface area (Å²) < 4.78 is 16.0. The highest BCUT2D eigenvalue weighted by molar-refractivity contribution is 8.13. The van der Waals surface area contributed by atoms with Crippen molar-refractivity contribution in [1.82, 2.24) is 9.21 Å². The van der Waals surface area contributed by atoms with Crippen LogP contribution in [0.3, 0.4) is 0 Å². The van der Waals surface area contributed by atoms with Crippen molar-refractivity contribution < 1.29 is 9.00 Å². The van der Waals surface area contributed by atoms with Crippen LogP contribution >= 0.6 is 11.8 Å². The molecule has 0 fully saturated rings. The molecule has 1 aliphatic heterocycles. The van der Waals surface area contributed by atoms with E-state index >= 15 is 0 Å². The first-order chi connectivity index (χ1) is 5.57. The number of hydrogen-bond acceptors (Lipinski definition) is 3. The number of carbonyl (C=O) groups is 1. The Kier molecular flexibility index (Phi) is 2.73. The Morgan fingerprint density at radius 1 is 1.50 bits per heavy atom. The van der Waals surface area contributed by atoms with Gasteiger partial charge in [-0.2, -0.15) is 0 Å². The highest BCUT2D eigenvalue weighted by Crippen LogP contribution is 2.14. The molecule has 12 heavy (non-hydrogen) atoms. The van der Waals surface area contributed by atoms with Crippen LogP contribution in [0, 0.1) is 0 Å². The van der Waals surface area contributed by atoms with Crippen molar-refractivity contribution in [3.05, 3.63) is 0 Å². The van der Waals surface area contributed by atoms with Gasteiger partial charge in [-0.1, -0.05) is 11.8 Å². The summed E-state index contributed by atoms with van der Waals surface area (Å²) >= 11 is -0.258. The molecule has 1 heterocycles. The topological polar surface area (TPSA) is 53.0 Å². The molecule has 0 saturated carbocycles. The Balaban J connectivity index is 3.00. The van der Waals surface area contributed by atoms with Gasteiger partial charge in [-0.25, -0.2) is 13.3 Å². The Bertz CT molecular complexity index is 265. The van der Waals surface area contributed by atoms with E-state index in [-0.39, 0.29) is 6.03 Å². The summed E-state index contributed by atoms with van der Waals surface area (Å²) in [6.07, 6.45) is 1.78. The van der Waals surface area contributed by atoms with Crippen LogP contribution in [0.5, 0.6) is 0 Å². The molecular weight excluding hydrogens is 198 g/mol. The molecule has 2 amide bonds. The van der Waals surface area contributed by atoms with E-state index in [1.807, 2.05) is 0 Å². The molecule has 0 aromatic heterocycles. The molecule has 0 aliphatic carbocycles. The molecule has 0 N–H and O–H groups in total. The number of rotatable bonds is 0. The number of amides is 2. The predicted octanol–water partition coefficient (Wildman–Crippen LogP) is 0.281. The molecule has 1 aliphatic rings. The highest BCUT2D eigenvalue weighted by Gasteiger charge is 2.28. The van der Waals surface area contributed by atoms with Crippen LogP contribution in [0.15, 0.2) is 4.40 Å². The van der Waals surface area contributed by atoms with E-state index in [1.165, 1.54) is 23.7 Å². The van der Waals surface area contributed by atoms with E-state index in [9.17, 15) is 9.00 Å². The van der Waals surface area contributed by atoms with Gasteiger partial charge in [-0.15, -0.1) is 4.40 Å². The number of urea groups is 1. The summed E-state index contributed by atoms with van der Waals surface area (Å²) in [5, 5.41) is 0.483. The molecule has 1 unspecified atom stereocenters. The van der Waals surface area contributed by atoms with Crippen LogP contribution in [-0.4, -0.2) is 45.0 Å². The minimum Gasteiger partial charge on any atom is -0.275 e. The fourth-order valence-corrected chi connectivity index (χ4v) is 2.20. The second-order valence-corrected chi connectivity index (χ2v) is 4.11. The second kappa shape index (κ2) is 3.44. The lowest BCUT2D eigenvalue weighted by molar-refractivity contribution is 0.213. The molecule has 0 saturated heterocycles. The molecule has 5 nitrogen and oxygen atoms in total. The fourth-order valence-electron chi connectivity index (χ4n) is 0.723. The van der Waals surface area contributed by atoms with E-state index in [4.69, 9.17) is 0 Å². The molecule has 7 heteroatoms. The molecule has 0 spiro atoms. The first-order valence-electron chi connectivity index (χ1n) is 3.14. The maximum atomic E-state index is 11.3. The molecule has 0 radical (unpaired) electrons. The first kappa shape index (κ1) is 9.53. The van der Waals surface area contributed by atoms with Crippen LogP contribution in [0.2, 0.25) is 0 Å². The predicted molar refractivity (Wildman–Crippen MR) is 50.0 cm³/mol. The summed E-state index contributed by atoms with van der Waals surface area (Å²) in [4.78, 5) is 12.6. The van der Waals surface area contributed by atoms with Gasteiger partial charge in [0.2, 0.25) is 0 Å². The summed E-state index contributed by atoms with van der Waals surface area (Å²) in [6, 6.07) is -0.298. The molecule has 0 aromatic rings. The Labute approximate surface area is 77.5 Å². The minimum absolute atomic E-state index is 0.298. The van der Waals surface area contributed by atoms with Gasteiger partial charge in [0, 0.05) is 14.1 Å². The molecule has 1 rings (SSSR count). The Morgan fingerprint density at radius 2 is 2.08 bits per heavy atom. The molecule has 68 valence electrons. The zero-order valence-electron chi connectivity index (χ0n) is 6.97. The van der Waals surface area contributed by atoms with Crippen molar-refractivity contribution in [2.75, 3.05) is 20.4 Å². The van der Waals surface area contributed by atoms with E-state index in [0.717, 1.165) is 4.31 Å². The largest absolute Gasteiger partial charge is 0.338 e. The summed E-state index contributed by atoms with van der Waals surface area (Å²) in [5.74, 6) is 0. The van der Waals surface area contributed by atoms with E-state index < -0.39 is 11.2 Å². The number of carbonyl (C=O) groups excluding carboxylic acids is 1. The third kappa shape index (κ3) is 1.46. The SMILES string of the molecule is CSC1=NS(=O)N(C)C(=O)N1C.